The first-order valence-corrected chi connectivity index (χ1v) is 6.53. The fraction of sp³-hybridized carbons (Fsp3) is 0.0625. The monoisotopic (exact) mass is 297 g/mol. The van der Waals surface area contributed by atoms with Gasteiger partial charge in [0.1, 0.15) is 5.75 Å². The van der Waals surface area contributed by atoms with Crippen LogP contribution in [0.5, 0.6) is 5.75 Å². The molecule has 6 heteroatoms. The molecule has 0 amide bonds. The average Bonchev–Trinajstić information content (AvgIpc) is 2.55. The Morgan fingerprint density at radius 1 is 1.14 bits per heavy atom. The summed E-state index contributed by atoms with van der Waals surface area (Å²) < 4.78 is 5.06. The molecule has 0 saturated heterocycles. The summed E-state index contributed by atoms with van der Waals surface area (Å²) >= 11 is 0. The standard InChI is InChI=1S/C16H15N3O3/c1-22-16-10-6-14(7-11-16)18-17-12-2-3-13-4-8-15(9-5-13)19(20)21/h2-12,18H,1H3/b3-2+,17-12+. The van der Waals surface area contributed by atoms with Crippen LogP contribution in [-0.2, 0) is 0 Å². The second-order valence-corrected chi connectivity index (χ2v) is 4.33. The Labute approximate surface area is 127 Å². The quantitative estimate of drug-likeness (QED) is 0.501. The van der Waals surface area contributed by atoms with Crippen LogP contribution in [0, 0.1) is 10.1 Å². The summed E-state index contributed by atoms with van der Waals surface area (Å²) in [4.78, 5) is 10.1. The Morgan fingerprint density at radius 3 is 2.41 bits per heavy atom. The van der Waals surface area contributed by atoms with Crippen molar-refractivity contribution >= 4 is 23.7 Å². The van der Waals surface area contributed by atoms with E-state index < -0.39 is 4.92 Å². The lowest BCUT2D eigenvalue weighted by atomic mass is 10.2. The van der Waals surface area contributed by atoms with Gasteiger partial charge in [-0.1, -0.05) is 6.08 Å². The van der Waals surface area contributed by atoms with Crippen molar-refractivity contribution in [1.29, 1.82) is 0 Å². The number of allylic oxidation sites excluding steroid dienone is 1. The Hall–Kier alpha value is -3.15. The van der Waals surface area contributed by atoms with Crippen LogP contribution in [0.15, 0.2) is 59.7 Å². The van der Waals surface area contributed by atoms with Crippen molar-refractivity contribution in [1.82, 2.24) is 0 Å². The topological polar surface area (TPSA) is 76.8 Å². The summed E-state index contributed by atoms with van der Waals surface area (Å²) in [6.07, 6.45) is 5.16. The normalized spacial score (nSPS) is 11.0. The van der Waals surface area contributed by atoms with E-state index in [-0.39, 0.29) is 5.69 Å². The molecule has 2 rings (SSSR count). The molecule has 0 aliphatic carbocycles. The Kier molecular flexibility index (Phi) is 5.25. The number of hydrazone groups is 1. The number of nitrogens with zero attached hydrogens (tertiary/aromatic N) is 2. The third-order valence-electron chi connectivity index (χ3n) is 2.84. The highest BCUT2D eigenvalue weighted by atomic mass is 16.6. The summed E-state index contributed by atoms with van der Waals surface area (Å²) in [5, 5.41) is 14.6. The zero-order valence-corrected chi connectivity index (χ0v) is 12.0. The number of rotatable bonds is 6. The molecule has 1 N–H and O–H groups in total. The lowest BCUT2D eigenvalue weighted by molar-refractivity contribution is -0.384. The summed E-state index contributed by atoms with van der Waals surface area (Å²) in [5.41, 5.74) is 4.67. The zero-order valence-electron chi connectivity index (χ0n) is 12.0. The van der Waals surface area contributed by atoms with Crippen LogP contribution in [0.1, 0.15) is 5.56 Å². The van der Waals surface area contributed by atoms with Crippen molar-refractivity contribution in [3.63, 3.8) is 0 Å². The molecule has 112 valence electrons. The van der Waals surface area contributed by atoms with E-state index in [0.717, 1.165) is 17.0 Å². The van der Waals surface area contributed by atoms with Gasteiger partial charge in [0.05, 0.1) is 17.7 Å². The van der Waals surface area contributed by atoms with Gasteiger partial charge in [0.25, 0.3) is 5.69 Å². The van der Waals surface area contributed by atoms with Gasteiger partial charge in [0.15, 0.2) is 0 Å². The number of non-ortho nitro benzene ring substituents is 1. The smallest absolute Gasteiger partial charge is 0.269 e. The molecular formula is C16H15N3O3. The third kappa shape index (κ3) is 4.45. The van der Waals surface area contributed by atoms with Crippen LogP contribution in [0.2, 0.25) is 0 Å². The molecule has 0 fully saturated rings. The second-order valence-electron chi connectivity index (χ2n) is 4.33. The van der Waals surface area contributed by atoms with Gasteiger partial charge < -0.3 is 4.74 Å². The van der Waals surface area contributed by atoms with Gasteiger partial charge in [-0.3, -0.25) is 15.5 Å². The fourth-order valence-corrected chi connectivity index (χ4v) is 1.68. The van der Waals surface area contributed by atoms with E-state index in [1.807, 2.05) is 30.3 Å². The maximum absolute atomic E-state index is 10.5. The maximum Gasteiger partial charge on any atom is 0.269 e. The Bertz CT molecular complexity index is 677. The largest absolute Gasteiger partial charge is 0.497 e. The fourth-order valence-electron chi connectivity index (χ4n) is 1.68. The van der Waals surface area contributed by atoms with Crippen molar-refractivity contribution in [3.8, 4) is 5.75 Å². The minimum absolute atomic E-state index is 0.0759. The molecule has 0 saturated carbocycles. The highest BCUT2D eigenvalue weighted by Crippen LogP contribution is 2.15. The van der Waals surface area contributed by atoms with Crippen LogP contribution in [0.25, 0.3) is 6.08 Å². The minimum atomic E-state index is -0.423. The molecule has 2 aromatic rings. The Morgan fingerprint density at radius 2 is 1.82 bits per heavy atom. The van der Waals surface area contributed by atoms with E-state index in [2.05, 4.69) is 10.5 Å². The summed E-state index contributed by atoms with van der Waals surface area (Å²) in [6, 6.07) is 13.7. The molecule has 0 spiro atoms. The number of hydrogen-bond donors (Lipinski definition) is 1. The highest BCUT2D eigenvalue weighted by molar-refractivity contribution is 5.78. The first kappa shape index (κ1) is 15.2. The van der Waals surface area contributed by atoms with Crippen molar-refractivity contribution in [2.24, 2.45) is 5.10 Å². The molecule has 0 heterocycles. The average molecular weight is 297 g/mol. The van der Waals surface area contributed by atoms with Crippen LogP contribution in [0.4, 0.5) is 11.4 Å². The molecule has 6 nitrogen and oxygen atoms in total. The second kappa shape index (κ2) is 7.58. The summed E-state index contributed by atoms with van der Waals surface area (Å²) in [6.45, 7) is 0. The predicted octanol–water partition coefficient (Wildman–Crippen LogP) is 3.71. The lowest BCUT2D eigenvalue weighted by Gasteiger charge is -2.01. The lowest BCUT2D eigenvalue weighted by Crippen LogP contribution is -1.89. The molecule has 0 unspecified atom stereocenters. The number of methoxy groups -OCH3 is 1. The summed E-state index contributed by atoms with van der Waals surface area (Å²) in [5.74, 6) is 0.785. The van der Waals surface area contributed by atoms with Crippen LogP contribution in [0.3, 0.4) is 0 Å². The predicted molar refractivity (Wildman–Crippen MR) is 87.2 cm³/mol. The minimum Gasteiger partial charge on any atom is -0.497 e. The number of ether oxygens (including phenoxy) is 1. The zero-order chi connectivity index (χ0) is 15.8. The number of anilines is 1. The first-order valence-electron chi connectivity index (χ1n) is 6.53. The molecule has 0 aliphatic heterocycles. The third-order valence-corrected chi connectivity index (χ3v) is 2.84. The van der Waals surface area contributed by atoms with Gasteiger partial charge in [-0.15, -0.1) is 0 Å². The van der Waals surface area contributed by atoms with Gasteiger partial charge in [-0.25, -0.2) is 0 Å². The first-order chi connectivity index (χ1) is 10.7. The molecule has 0 atom stereocenters. The molecule has 2 aromatic carbocycles. The van der Waals surface area contributed by atoms with Gasteiger partial charge in [0.2, 0.25) is 0 Å². The van der Waals surface area contributed by atoms with Gasteiger partial charge in [0, 0.05) is 18.3 Å². The van der Waals surface area contributed by atoms with Crippen molar-refractivity contribution in [2.75, 3.05) is 12.5 Å². The van der Waals surface area contributed by atoms with Crippen molar-refractivity contribution in [2.45, 2.75) is 0 Å². The number of hydrogen-bond acceptors (Lipinski definition) is 5. The number of nitro groups is 1. The molecular weight excluding hydrogens is 282 g/mol. The van der Waals surface area contributed by atoms with Crippen LogP contribution in [-0.4, -0.2) is 18.2 Å². The number of benzene rings is 2. The van der Waals surface area contributed by atoms with Crippen LogP contribution < -0.4 is 10.2 Å². The van der Waals surface area contributed by atoms with E-state index in [1.54, 1.807) is 31.5 Å². The molecule has 0 aromatic heterocycles. The van der Waals surface area contributed by atoms with E-state index in [9.17, 15) is 10.1 Å². The number of nitro benzene ring substituents is 1. The van der Waals surface area contributed by atoms with Crippen molar-refractivity contribution in [3.05, 3.63) is 70.3 Å². The molecule has 22 heavy (non-hydrogen) atoms. The number of nitrogens with one attached hydrogen (secondary N) is 1. The van der Waals surface area contributed by atoms with Gasteiger partial charge in [-0.2, -0.15) is 5.10 Å². The van der Waals surface area contributed by atoms with Gasteiger partial charge in [-0.05, 0) is 48.0 Å². The SMILES string of the molecule is COc1ccc(N/N=C/C=C/c2ccc([N+](=O)[O-])cc2)cc1. The van der Waals surface area contributed by atoms with Crippen molar-refractivity contribution < 1.29 is 9.66 Å². The van der Waals surface area contributed by atoms with E-state index in [4.69, 9.17) is 4.74 Å². The van der Waals surface area contributed by atoms with Crippen LogP contribution >= 0.6 is 0 Å². The van der Waals surface area contributed by atoms with E-state index in [1.165, 1.54) is 12.1 Å². The maximum atomic E-state index is 10.5. The Balaban J connectivity index is 1.86. The van der Waals surface area contributed by atoms with E-state index >= 15 is 0 Å². The molecule has 0 radical (unpaired) electrons. The molecule has 0 aliphatic rings. The summed E-state index contributed by atoms with van der Waals surface area (Å²) in [7, 11) is 1.61. The van der Waals surface area contributed by atoms with E-state index in [0.29, 0.717) is 0 Å². The molecule has 0 bridgehead atoms. The highest BCUT2D eigenvalue weighted by Gasteiger charge is 2.01. The van der Waals surface area contributed by atoms with Gasteiger partial charge >= 0.3 is 0 Å².